The van der Waals surface area contributed by atoms with E-state index in [4.69, 9.17) is 9.84 Å². The Balaban J connectivity index is 1.73. The van der Waals surface area contributed by atoms with Crippen LogP contribution in [0, 0.1) is 11.3 Å². The van der Waals surface area contributed by atoms with Gasteiger partial charge in [0.25, 0.3) is 0 Å². The van der Waals surface area contributed by atoms with Crippen molar-refractivity contribution in [2.45, 2.75) is 44.2 Å². The van der Waals surface area contributed by atoms with Gasteiger partial charge in [0.1, 0.15) is 0 Å². The minimum atomic E-state index is 0.255. The molecule has 0 radical (unpaired) electrons. The lowest BCUT2D eigenvalue weighted by atomic mass is 9.54. The third-order valence-electron chi connectivity index (χ3n) is 4.76. The predicted molar refractivity (Wildman–Crippen MR) is 57.6 cm³/mol. The molecule has 3 fully saturated rings. The lowest BCUT2D eigenvalue weighted by Gasteiger charge is -2.57. The Morgan fingerprint density at radius 2 is 2.13 bits per heavy atom. The average molecular weight is 211 g/mol. The van der Waals surface area contributed by atoms with Crippen molar-refractivity contribution in [2.75, 3.05) is 19.8 Å². The topological polar surface area (TPSA) is 41.5 Å². The first-order chi connectivity index (χ1) is 7.38. The van der Waals surface area contributed by atoms with Gasteiger partial charge in [0.05, 0.1) is 12.7 Å². The lowest BCUT2D eigenvalue weighted by molar-refractivity contribution is -0.130. The molecule has 3 unspecified atom stereocenters. The van der Waals surface area contributed by atoms with Crippen molar-refractivity contribution in [3.05, 3.63) is 0 Å². The van der Waals surface area contributed by atoms with Gasteiger partial charge in [0, 0.05) is 30.5 Å². The third-order valence-corrected chi connectivity index (χ3v) is 4.76. The van der Waals surface area contributed by atoms with Gasteiger partial charge in [0.2, 0.25) is 0 Å². The van der Waals surface area contributed by atoms with Crippen molar-refractivity contribution in [1.82, 2.24) is 5.32 Å². The molecule has 3 nitrogen and oxygen atoms in total. The summed E-state index contributed by atoms with van der Waals surface area (Å²) in [7, 11) is 0. The van der Waals surface area contributed by atoms with Crippen LogP contribution in [0.2, 0.25) is 0 Å². The Kier molecular flexibility index (Phi) is 2.49. The highest BCUT2D eigenvalue weighted by molar-refractivity contribution is 5.16. The Labute approximate surface area is 91.2 Å². The smallest absolute Gasteiger partial charge is 0.0690 e. The van der Waals surface area contributed by atoms with Crippen LogP contribution >= 0.6 is 0 Å². The second-order valence-electron chi connectivity index (χ2n) is 5.34. The Morgan fingerprint density at radius 1 is 1.33 bits per heavy atom. The van der Waals surface area contributed by atoms with Crippen LogP contribution in [0.4, 0.5) is 0 Å². The first-order valence-electron chi connectivity index (χ1n) is 6.34. The van der Waals surface area contributed by atoms with Crippen LogP contribution in [0.3, 0.4) is 0 Å². The molecule has 3 heteroatoms. The highest BCUT2D eigenvalue weighted by Crippen LogP contribution is 2.60. The van der Waals surface area contributed by atoms with Gasteiger partial charge in [-0.05, 0) is 19.3 Å². The summed E-state index contributed by atoms with van der Waals surface area (Å²) in [4.78, 5) is 0. The SMILES string of the molecule is OCCNC1C2CCOC2C12CCCC2. The quantitative estimate of drug-likeness (QED) is 0.729. The largest absolute Gasteiger partial charge is 0.395 e. The third kappa shape index (κ3) is 1.30. The summed E-state index contributed by atoms with van der Waals surface area (Å²) in [6, 6.07) is 0.625. The zero-order chi connectivity index (χ0) is 10.3. The molecule has 3 aliphatic rings. The lowest BCUT2D eigenvalue weighted by Crippen LogP contribution is -2.67. The van der Waals surface area contributed by atoms with E-state index in [0.29, 0.717) is 17.6 Å². The second kappa shape index (κ2) is 3.72. The maximum absolute atomic E-state index is 8.91. The van der Waals surface area contributed by atoms with Gasteiger partial charge < -0.3 is 15.2 Å². The fourth-order valence-corrected chi connectivity index (χ4v) is 4.23. The van der Waals surface area contributed by atoms with Crippen LogP contribution in [-0.4, -0.2) is 37.0 Å². The number of aliphatic hydroxyl groups is 1. The molecule has 1 saturated heterocycles. The molecule has 2 saturated carbocycles. The van der Waals surface area contributed by atoms with E-state index in [1.165, 1.54) is 32.1 Å². The van der Waals surface area contributed by atoms with E-state index in [1.807, 2.05) is 0 Å². The molecule has 1 aliphatic heterocycles. The van der Waals surface area contributed by atoms with Crippen molar-refractivity contribution < 1.29 is 9.84 Å². The molecular weight excluding hydrogens is 190 g/mol. The Bertz CT molecular complexity index is 238. The van der Waals surface area contributed by atoms with Crippen molar-refractivity contribution in [1.29, 1.82) is 0 Å². The summed E-state index contributed by atoms with van der Waals surface area (Å²) in [5.74, 6) is 0.731. The minimum absolute atomic E-state index is 0.255. The van der Waals surface area contributed by atoms with Gasteiger partial charge in [-0.15, -0.1) is 0 Å². The van der Waals surface area contributed by atoms with Gasteiger partial charge in [-0.3, -0.25) is 0 Å². The second-order valence-corrected chi connectivity index (χ2v) is 5.34. The summed E-state index contributed by atoms with van der Waals surface area (Å²) in [6.45, 7) is 1.95. The van der Waals surface area contributed by atoms with Crippen LogP contribution in [-0.2, 0) is 4.74 Å². The summed E-state index contributed by atoms with van der Waals surface area (Å²) >= 11 is 0. The fourth-order valence-electron chi connectivity index (χ4n) is 4.23. The number of nitrogens with one attached hydrogen (secondary N) is 1. The Hall–Kier alpha value is -0.120. The zero-order valence-corrected chi connectivity index (χ0v) is 9.24. The molecule has 2 N–H and O–H groups in total. The minimum Gasteiger partial charge on any atom is -0.395 e. The average Bonchev–Trinajstić information content (AvgIpc) is 2.84. The number of hydrogen-bond acceptors (Lipinski definition) is 3. The predicted octanol–water partition coefficient (Wildman–Crippen LogP) is 0.916. The molecule has 1 spiro atoms. The molecule has 86 valence electrons. The number of fused-ring (bicyclic) bond motifs is 2. The summed E-state index contributed by atoms with van der Waals surface area (Å²) < 4.78 is 5.90. The number of aliphatic hydroxyl groups excluding tert-OH is 1. The molecule has 3 atom stereocenters. The monoisotopic (exact) mass is 211 g/mol. The highest BCUT2D eigenvalue weighted by Gasteiger charge is 2.64. The van der Waals surface area contributed by atoms with E-state index in [0.717, 1.165) is 19.1 Å². The normalized spacial score (nSPS) is 41.8. The number of ether oxygens (including phenoxy) is 1. The van der Waals surface area contributed by atoms with Crippen LogP contribution in [0.25, 0.3) is 0 Å². The molecule has 15 heavy (non-hydrogen) atoms. The van der Waals surface area contributed by atoms with E-state index in [2.05, 4.69) is 5.32 Å². The first kappa shape index (κ1) is 10.1. The van der Waals surface area contributed by atoms with E-state index < -0.39 is 0 Å². The molecular formula is C12H21NO2. The van der Waals surface area contributed by atoms with Crippen molar-refractivity contribution >= 4 is 0 Å². The summed E-state index contributed by atoms with van der Waals surface area (Å²) in [6.07, 6.45) is 7.15. The maximum atomic E-state index is 8.91. The number of rotatable bonds is 3. The molecule has 3 rings (SSSR count). The van der Waals surface area contributed by atoms with Crippen LogP contribution < -0.4 is 5.32 Å². The van der Waals surface area contributed by atoms with Crippen molar-refractivity contribution in [3.8, 4) is 0 Å². The molecule has 0 aromatic rings. The maximum Gasteiger partial charge on any atom is 0.0690 e. The number of hydrogen-bond donors (Lipinski definition) is 2. The van der Waals surface area contributed by atoms with E-state index in [9.17, 15) is 0 Å². The van der Waals surface area contributed by atoms with Crippen LogP contribution in [0.5, 0.6) is 0 Å². The van der Waals surface area contributed by atoms with Crippen molar-refractivity contribution in [3.63, 3.8) is 0 Å². The molecule has 0 aromatic heterocycles. The van der Waals surface area contributed by atoms with E-state index in [-0.39, 0.29) is 6.61 Å². The van der Waals surface area contributed by atoms with Gasteiger partial charge in [-0.25, -0.2) is 0 Å². The summed E-state index contributed by atoms with van der Waals surface area (Å²) in [5, 5.41) is 12.5. The van der Waals surface area contributed by atoms with Gasteiger partial charge in [0.15, 0.2) is 0 Å². The molecule has 1 heterocycles. The fraction of sp³-hybridized carbons (Fsp3) is 1.00. The van der Waals surface area contributed by atoms with E-state index >= 15 is 0 Å². The standard InChI is InChI=1S/C12H21NO2/c14-7-6-13-10-9-3-8-15-11(9)12(10)4-1-2-5-12/h9-11,13-14H,1-8H2. The van der Waals surface area contributed by atoms with Gasteiger partial charge >= 0.3 is 0 Å². The molecule has 2 aliphatic carbocycles. The van der Waals surface area contributed by atoms with Crippen LogP contribution in [0.15, 0.2) is 0 Å². The molecule has 0 aromatic carbocycles. The first-order valence-corrected chi connectivity index (χ1v) is 6.34. The van der Waals surface area contributed by atoms with E-state index in [1.54, 1.807) is 0 Å². The highest BCUT2D eigenvalue weighted by atomic mass is 16.5. The zero-order valence-electron chi connectivity index (χ0n) is 9.24. The van der Waals surface area contributed by atoms with Gasteiger partial charge in [-0.2, -0.15) is 0 Å². The van der Waals surface area contributed by atoms with Gasteiger partial charge in [-0.1, -0.05) is 12.8 Å². The molecule has 0 amide bonds. The van der Waals surface area contributed by atoms with Crippen molar-refractivity contribution in [2.24, 2.45) is 11.3 Å². The van der Waals surface area contributed by atoms with Crippen LogP contribution in [0.1, 0.15) is 32.1 Å². The summed E-state index contributed by atoms with van der Waals surface area (Å²) in [5.41, 5.74) is 0.441. The molecule has 0 bridgehead atoms. The Morgan fingerprint density at radius 3 is 2.87 bits per heavy atom.